The highest BCUT2D eigenvalue weighted by atomic mass is 15.2. The van der Waals surface area contributed by atoms with Gasteiger partial charge in [-0.15, -0.1) is 0 Å². The predicted molar refractivity (Wildman–Crippen MR) is 70.1 cm³/mol. The standard InChI is InChI=1S/C15H11N3/c1-12-4-2-5-13(10-12)7-8-14-11-16-15-6-3-9-17-18(14)15/h2-6,9-11H,1H3. The van der Waals surface area contributed by atoms with Crippen molar-refractivity contribution < 1.29 is 0 Å². The largest absolute Gasteiger partial charge is 0.234 e. The van der Waals surface area contributed by atoms with Crippen LogP contribution in [0.2, 0.25) is 0 Å². The molecule has 0 N–H and O–H groups in total. The van der Waals surface area contributed by atoms with Crippen LogP contribution in [0.1, 0.15) is 16.8 Å². The Morgan fingerprint density at radius 1 is 1.11 bits per heavy atom. The molecule has 3 nitrogen and oxygen atoms in total. The molecule has 0 atom stereocenters. The summed E-state index contributed by atoms with van der Waals surface area (Å²) >= 11 is 0. The minimum absolute atomic E-state index is 0.798. The number of aromatic nitrogens is 3. The van der Waals surface area contributed by atoms with Crippen LogP contribution < -0.4 is 0 Å². The summed E-state index contributed by atoms with van der Waals surface area (Å²) in [5.74, 6) is 6.23. The van der Waals surface area contributed by atoms with Crippen molar-refractivity contribution in [1.82, 2.24) is 14.6 Å². The monoisotopic (exact) mass is 233 g/mol. The van der Waals surface area contributed by atoms with E-state index in [-0.39, 0.29) is 0 Å². The number of hydrogen-bond acceptors (Lipinski definition) is 2. The van der Waals surface area contributed by atoms with E-state index >= 15 is 0 Å². The van der Waals surface area contributed by atoms with E-state index in [2.05, 4.69) is 41.0 Å². The molecule has 0 saturated carbocycles. The number of aryl methyl sites for hydroxylation is 1. The average Bonchev–Trinajstić information content (AvgIpc) is 2.80. The number of imidazole rings is 1. The second kappa shape index (κ2) is 4.34. The minimum Gasteiger partial charge on any atom is -0.234 e. The summed E-state index contributed by atoms with van der Waals surface area (Å²) < 4.78 is 1.74. The van der Waals surface area contributed by atoms with Crippen LogP contribution in [0, 0.1) is 18.8 Å². The van der Waals surface area contributed by atoms with Crippen molar-refractivity contribution in [2.45, 2.75) is 6.92 Å². The molecule has 0 aliphatic carbocycles. The first-order chi connectivity index (χ1) is 8.83. The Hall–Kier alpha value is -2.60. The minimum atomic E-state index is 0.798. The molecule has 0 amide bonds. The van der Waals surface area contributed by atoms with E-state index in [0.29, 0.717) is 0 Å². The SMILES string of the molecule is Cc1cccc(C#Cc2cnc3cccnn23)c1. The Morgan fingerprint density at radius 3 is 2.94 bits per heavy atom. The van der Waals surface area contributed by atoms with Crippen molar-refractivity contribution in [1.29, 1.82) is 0 Å². The van der Waals surface area contributed by atoms with Crippen LogP contribution in [0.25, 0.3) is 5.65 Å². The molecule has 0 fully saturated rings. The topological polar surface area (TPSA) is 30.2 Å². The normalized spacial score (nSPS) is 10.1. The number of benzene rings is 1. The smallest absolute Gasteiger partial charge is 0.154 e. The summed E-state index contributed by atoms with van der Waals surface area (Å²) in [6.07, 6.45) is 3.47. The molecule has 0 saturated heterocycles. The molecule has 2 aromatic heterocycles. The summed E-state index contributed by atoms with van der Waals surface area (Å²) in [6.45, 7) is 2.06. The molecule has 1 aromatic carbocycles. The maximum Gasteiger partial charge on any atom is 0.154 e. The third-order valence-electron chi connectivity index (χ3n) is 2.63. The van der Waals surface area contributed by atoms with Crippen LogP contribution in [0.4, 0.5) is 0 Å². The van der Waals surface area contributed by atoms with E-state index in [0.717, 1.165) is 16.9 Å². The molecule has 0 spiro atoms. The Morgan fingerprint density at radius 2 is 2.06 bits per heavy atom. The predicted octanol–water partition coefficient (Wildman–Crippen LogP) is 2.44. The fourth-order valence-corrected chi connectivity index (χ4v) is 1.77. The molecule has 86 valence electrons. The molecule has 0 radical (unpaired) electrons. The fraction of sp³-hybridized carbons (Fsp3) is 0.0667. The molecule has 3 heteroatoms. The van der Waals surface area contributed by atoms with E-state index in [1.165, 1.54) is 5.56 Å². The van der Waals surface area contributed by atoms with Gasteiger partial charge in [-0.1, -0.05) is 18.1 Å². The van der Waals surface area contributed by atoms with E-state index < -0.39 is 0 Å². The Kier molecular flexibility index (Phi) is 2.54. The average molecular weight is 233 g/mol. The highest BCUT2D eigenvalue weighted by molar-refractivity contribution is 5.46. The second-order valence-corrected chi connectivity index (χ2v) is 4.06. The summed E-state index contributed by atoms with van der Waals surface area (Å²) in [5, 5.41) is 4.22. The molecule has 18 heavy (non-hydrogen) atoms. The van der Waals surface area contributed by atoms with Gasteiger partial charge in [0.25, 0.3) is 0 Å². The van der Waals surface area contributed by atoms with Crippen molar-refractivity contribution in [3.8, 4) is 11.8 Å². The van der Waals surface area contributed by atoms with E-state index in [4.69, 9.17) is 0 Å². The quantitative estimate of drug-likeness (QED) is 0.558. The molecule has 0 unspecified atom stereocenters. The van der Waals surface area contributed by atoms with Gasteiger partial charge in [-0.25, -0.2) is 9.50 Å². The van der Waals surface area contributed by atoms with Crippen LogP contribution in [-0.4, -0.2) is 14.6 Å². The van der Waals surface area contributed by atoms with Gasteiger partial charge in [-0.05, 0) is 42.7 Å². The third kappa shape index (κ3) is 1.96. The van der Waals surface area contributed by atoms with Crippen molar-refractivity contribution >= 4 is 5.65 Å². The van der Waals surface area contributed by atoms with Gasteiger partial charge >= 0.3 is 0 Å². The van der Waals surface area contributed by atoms with Crippen LogP contribution in [-0.2, 0) is 0 Å². The van der Waals surface area contributed by atoms with Crippen LogP contribution in [0.15, 0.2) is 48.8 Å². The first-order valence-electron chi connectivity index (χ1n) is 5.70. The number of hydrogen-bond donors (Lipinski definition) is 0. The first-order valence-corrected chi connectivity index (χ1v) is 5.70. The highest BCUT2D eigenvalue weighted by Gasteiger charge is 1.99. The van der Waals surface area contributed by atoms with Crippen molar-refractivity contribution in [3.63, 3.8) is 0 Å². The summed E-state index contributed by atoms with van der Waals surface area (Å²) in [6, 6.07) is 11.9. The molecular formula is C15H11N3. The third-order valence-corrected chi connectivity index (χ3v) is 2.63. The molecule has 0 aliphatic heterocycles. The second-order valence-electron chi connectivity index (χ2n) is 4.06. The van der Waals surface area contributed by atoms with Gasteiger partial charge in [0.05, 0.1) is 6.20 Å². The molecule has 0 aliphatic rings. The van der Waals surface area contributed by atoms with E-state index in [9.17, 15) is 0 Å². The molecule has 2 heterocycles. The zero-order valence-electron chi connectivity index (χ0n) is 9.96. The lowest BCUT2D eigenvalue weighted by atomic mass is 10.1. The van der Waals surface area contributed by atoms with Gasteiger partial charge in [0.15, 0.2) is 5.65 Å². The lowest BCUT2D eigenvalue weighted by Gasteiger charge is -1.93. The maximum atomic E-state index is 4.25. The van der Waals surface area contributed by atoms with E-state index in [1.807, 2.05) is 24.3 Å². The molecule has 3 aromatic rings. The van der Waals surface area contributed by atoms with Gasteiger partial charge in [-0.3, -0.25) is 0 Å². The number of fused-ring (bicyclic) bond motifs is 1. The summed E-state index contributed by atoms with van der Waals surface area (Å²) in [4.78, 5) is 4.25. The zero-order valence-corrected chi connectivity index (χ0v) is 9.96. The maximum absolute atomic E-state index is 4.25. The number of rotatable bonds is 0. The Balaban J connectivity index is 2.03. The molecule has 0 bridgehead atoms. The van der Waals surface area contributed by atoms with Crippen LogP contribution in [0.3, 0.4) is 0 Å². The van der Waals surface area contributed by atoms with Gasteiger partial charge in [0, 0.05) is 11.8 Å². The molecular weight excluding hydrogens is 222 g/mol. The van der Waals surface area contributed by atoms with Crippen LogP contribution >= 0.6 is 0 Å². The van der Waals surface area contributed by atoms with Gasteiger partial charge in [0.1, 0.15) is 5.69 Å². The van der Waals surface area contributed by atoms with Crippen molar-refractivity contribution in [2.75, 3.05) is 0 Å². The molecule has 3 rings (SSSR count). The van der Waals surface area contributed by atoms with Crippen molar-refractivity contribution in [3.05, 3.63) is 65.6 Å². The number of nitrogens with zero attached hydrogens (tertiary/aromatic N) is 3. The first kappa shape index (κ1) is 10.5. The summed E-state index contributed by atoms with van der Waals surface area (Å²) in [5.41, 5.74) is 3.82. The van der Waals surface area contributed by atoms with Crippen LogP contribution in [0.5, 0.6) is 0 Å². The Bertz CT molecular complexity index is 760. The van der Waals surface area contributed by atoms with Gasteiger partial charge < -0.3 is 0 Å². The lowest BCUT2D eigenvalue weighted by Crippen LogP contribution is -1.92. The van der Waals surface area contributed by atoms with Crippen molar-refractivity contribution in [2.24, 2.45) is 0 Å². The highest BCUT2D eigenvalue weighted by Crippen LogP contribution is 2.04. The fourth-order valence-electron chi connectivity index (χ4n) is 1.77. The zero-order chi connectivity index (χ0) is 12.4. The van der Waals surface area contributed by atoms with Gasteiger partial charge in [-0.2, -0.15) is 5.10 Å². The Labute approximate surface area is 105 Å². The lowest BCUT2D eigenvalue weighted by molar-refractivity contribution is 0.923. The van der Waals surface area contributed by atoms with E-state index in [1.54, 1.807) is 16.9 Å². The van der Waals surface area contributed by atoms with Gasteiger partial charge in [0.2, 0.25) is 0 Å². The summed E-state index contributed by atoms with van der Waals surface area (Å²) in [7, 11) is 0.